The number of rotatable bonds is 5. The largest absolute Gasteiger partial charge is 0.458 e. The van der Waals surface area contributed by atoms with Crippen LogP contribution in [0.2, 0.25) is 0 Å². The molecule has 2 bridgehead atoms. The molecule has 0 aromatic rings. The van der Waals surface area contributed by atoms with Crippen molar-refractivity contribution in [2.75, 3.05) is 0 Å². The molecule has 1 heterocycles. The summed E-state index contributed by atoms with van der Waals surface area (Å²) in [4.78, 5) is 36.8. The van der Waals surface area contributed by atoms with E-state index in [1.807, 2.05) is 0 Å². The number of esters is 3. The number of ether oxygens (including phenoxy) is 3. The second kappa shape index (κ2) is 6.76. The van der Waals surface area contributed by atoms with Crippen LogP contribution in [-0.2, 0) is 28.6 Å². The van der Waals surface area contributed by atoms with Gasteiger partial charge in [-0.2, -0.15) is 26.3 Å². The van der Waals surface area contributed by atoms with Crippen molar-refractivity contribution in [3.8, 4) is 0 Å². The molecule has 12 heteroatoms. The summed E-state index contributed by atoms with van der Waals surface area (Å²) in [6, 6.07) is 0. The van der Waals surface area contributed by atoms with Gasteiger partial charge in [-0.3, -0.25) is 14.4 Å². The zero-order valence-corrected chi connectivity index (χ0v) is 15.3. The third kappa shape index (κ3) is 3.33. The van der Waals surface area contributed by atoms with Crippen LogP contribution in [0.4, 0.5) is 26.3 Å². The zero-order chi connectivity index (χ0) is 21.9. The van der Waals surface area contributed by atoms with Gasteiger partial charge >= 0.3 is 30.3 Å². The van der Waals surface area contributed by atoms with Gasteiger partial charge in [-0.25, -0.2) is 0 Å². The Morgan fingerprint density at radius 1 is 1.21 bits per heavy atom. The molecule has 1 saturated heterocycles. The van der Waals surface area contributed by atoms with Gasteiger partial charge in [0, 0.05) is 11.8 Å². The molecule has 6 atom stereocenters. The zero-order valence-electron chi connectivity index (χ0n) is 15.3. The summed E-state index contributed by atoms with van der Waals surface area (Å²) in [7, 11) is 0. The van der Waals surface area contributed by atoms with Gasteiger partial charge in [0.1, 0.15) is 12.2 Å². The lowest BCUT2D eigenvalue weighted by molar-refractivity contribution is -0.315. The molecular weight excluding hydrogens is 414 g/mol. The predicted molar refractivity (Wildman–Crippen MR) is 79.9 cm³/mol. The van der Waals surface area contributed by atoms with Crippen molar-refractivity contribution in [1.29, 1.82) is 0 Å². The van der Waals surface area contributed by atoms with Crippen molar-refractivity contribution in [1.82, 2.24) is 0 Å². The highest BCUT2D eigenvalue weighted by Gasteiger charge is 2.76. The predicted octanol–water partition coefficient (Wildman–Crippen LogP) is 2.93. The molecule has 3 rings (SSSR count). The van der Waals surface area contributed by atoms with E-state index in [0.29, 0.717) is 6.42 Å². The third-order valence-electron chi connectivity index (χ3n) is 6.02. The molecule has 0 radical (unpaired) electrons. The Labute approximate surface area is 160 Å². The van der Waals surface area contributed by atoms with Crippen LogP contribution < -0.4 is 0 Å². The van der Waals surface area contributed by atoms with Gasteiger partial charge in [-0.1, -0.05) is 13.8 Å². The Hall–Kier alpha value is -2.01. The van der Waals surface area contributed by atoms with E-state index in [9.17, 15) is 40.7 Å². The van der Waals surface area contributed by atoms with Gasteiger partial charge in [0.15, 0.2) is 5.41 Å². The molecule has 3 aliphatic rings. The highest BCUT2D eigenvalue weighted by molar-refractivity contribution is 6.03. The molecule has 6 unspecified atom stereocenters. The SMILES string of the molecule is CCC(C)C(=O)OC1C2CC3C1OC(=O)C3(C(=O)OC(C(F)(F)F)C(F)(F)F)C2. The number of fused-ring (bicyclic) bond motifs is 1. The Morgan fingerprint density at radius 2 is 1.79 bits per heavy atom. The average molecular weight is 432 g/mol. The normalized spacial score (nSPS) is 34.3. The second-order valence-electron chi connectivity index (χ2n) is 7.73. The fourth-order valence-electron chi connectivity index (χ4n) is 4.38. The number of alkyl halides is 6. The van der Waals surface area contributed by atoms with Gasteiger partial charge in [-0.05, 0) is 19.3 Å². The molecule has 2 aliphatic carbocycles. The molecule has 0 N–H and O–H groups in total. The summed E-state index contributed by atoms with van der Waals surface area (Å²) >= 11 is 0. The van der Waals surface area contributed by atoms with E-state index in [4.69, 9.17) is 9.47 Å². The van der Waals surface area contributed by atoms with Crippen LogP contribution >= 0.6 is 0 Å². The van der Waals surface area contributed by atoms with Crippen molar-refractivity contribution in [2.45, 2.75) is 63.8 Å². The van der Waals surface area contributed by atoms with E-state index in [-0.39, 0.29) is 6.42 Å². The monoisotopic (exact) mass is 432 g/mol. The first kappa shape index (κ1) is 21.7. The quantitative estimate of drug-likeness (QED) is 0.288. The average Bonchev–Trinajstić information content (AvgIpc) is 3.19. The number of halogens is 6. The van der Waals surface area contributed by atoms with Crippen molar-refractivity contribution in [3.05, 3.63) is 0 Å². The minimum absolute atomic E-state index is 0.0899. The van der Waals surface area contributed by atoms with E-state index in [1.54, 1.807) is 13.8 Å². The fourth-order valence-corrected chi connectivity index (χ4v) is 4.38. The van der Waals surface area contributed by atoms with E-state index >= 15 is 0 Å². The highest BCUT2D eigenvalue weighted by atomic mass is 19.4. The summed E-state index contributed by atoms with van der Waals surface area (Å²) < 4.78 is 90.6. The van der Waals surface area contributed by atoms with Gasteiger partial charge in [0.05, 0.1) is 5.92 Å². The first-order valence-electron chi connectivity index (χ1n) is 8.99. The maximum absolute atomic E-state index is 12.7. The molecule has 0 spiro atoms. The number of carbonyl (C=O) groups is 3. The van der Waals surface area contributed by atoms with Crippen molar-refractivity contribution < 1.29 is 54.9 Å². The Kier molecular flexibility index (Phi) is 5.06. The molecular formula is C17H18F6O6. The van der Waals surface area contributed by atoms with E-state index in [2.05, 4.69) is 4.74 Å². The lowest BCUT2D eigenvalue weighted by Gasteiger charge is -2.32. The minimum Gasteiger partial charge on any atom is -0.458 e. The summed E-state index contributed by atoms with van der Waals surface area (Å²) in [5, 5.41) is 0. The molecule has 3 fully saturated rings. The smallest absolute Gasteiger partial charge is 0.434 e. The van der Waals surface area contributed by atoms with Crippen LogP contribution in [-0.4, -0.2) is 48.6 Å². The number of hydrogen-bond donors (Lipinski definition) is 0. The second-order valence-corrected chi connectivity index (χ2v) is 7.73. The first-order valence-corrected chi connectivity index (χ1v) is 8.99. The Bertz CT molecular complexity index is 704. The van der Waals surface area contributed by atoms with Gasteiger partial charge in [0.25, 0.3) is 6.10 Å². The lowest BCUT2D eigenvalue weighted by atomic mass is 9.73. The van der Waals surface area contributed by atoms with Crippen LogP contribution in [0.5, 0.6) is 0 Å². The number of carbonyl (C=O) groups excluding carboxylic acids is 3. The molecule has 164 valence electrons. The van der Waals surface area contributed by atoms with Crippen LogP contribution in [0.15, 0.2) is 0 Å². The summed E-state index contributed by atoms with van der Waals surface area (Å²) in [6.45, 7) is 3.37. The number of hydrogen-bond acceptors (Lipinski definition) is 6. The molecule has 0 amide bonds. The van der Waals surface area contributed by atoms with Crippen molar-refractivity contribution in [3.63, 3.8) is 0 Å². The van der Waals surface area contributed by atoms with E-state index in [0.717, 1.165) is 0 Å². The fraction of sp³-hybridized carbons (Fsp3) is 0.824. The Morgan fingerprint density at radius 3 is 2.31 bits per heavy atom. The Balaban J connectivity index is 1.80. The lowest BCUT2D eigenvalue weighted by Crippen LogP contribution is -2.51. The van der Waals surface area contributed by atoms with Crippen LogP contribution in [0.1, 0.15) is 33.1 Å². The minimum atomic E-state index is -5.89. The maximum atomic E-state index is 12.7. The molecule has 29 heavy (non-hydrogen) atoms. The van der Waals surface area contributed by atoms with Gasteiger partial charge < -0.3 is 14.2 Å². The highest BCUT2D eigenvalue weighted by Crippen LogP contribution is 2.63. The van der Waals surface area contributed by atoms with E-state index in [1.165, 1.54) is 0 Å². The standard InChI is InChI=1S/C17H18F6O6/c1-3-6(2)11(24)27-9-7-4-8-10(9)28-13(25)15(8,5-7)14(26)29-12(16(18,19)20)17(21,22)23/h6-10,12H,3-5H2,1-2H3. The summed E-state index contributed by atoms with van der Waals surface area (Å²) in [5.41, 5.74) is -2.25. The molecule has 0 aromatic heterocycles. The summed E-state index contributed by atoms with van der Waals surface area (Å²) in [5.74, 6) is -5.78. The van der Waals surface area contributed by atoms with Crippen LogP contribution in [0.25, 0.3) is 0 Å². The molecule has 0 aromatic carbocycles. The van der Waals surface area contributed by atoms with Crippen LogP contribution in [0, 0.1) is 23.2 Å². The van der Waals surface area contributed by atoms with Crippen molar-refractivity contribution >= 4 is 17.9 Å². The van der Waals surface area contributed by atoms with Crippen LogP contribution in [0.3, 0.4) is 0 Å². The maximum Gasteiger partial charge on any atom is 0.434 e. The topological polar surface area (TPSA) is 78.9 Å². The van der Waals surface area contributed by atoms with Gasteiger partial charge in [-0.15, -0.1) is 0 Å². The van der Waals surface area contributed by atoms with E-state index < -0.39 is 78.2 Å². The van der Waals surface area contributed by atoms with Gasteiger partial charge in [0.2, 0.25) is 0 Å². The first-order chi connectivity index (χ1) is 13.2. The molecule has 2 saturated carbocycles. The summed E-state index contributed by atoms with van der Waals surface area (Å²) in [6.07, 6.45) is -17.9. The third-order valence-corrected chi connectivity index (χ3v) is 6.02. The molecule has 1 aliphatic heterocycles. The van der Waals surface area contributed by atoms with Crippen molar-refractivity contribution in [2.24, 2.45) is 23.2 Å². The molecule has 6 nitrogen and oxygen atoms in total.